The number of benzene rings is 1. The van der Waals surface area contributed by atoms with Crippen molar-refractivity contribution < 1.29 is 14.3 Å². The monoisotopic (exact) mass is 341 g/mol. The number of nitrogens with one attached hydrogen (secondary N) is 1. The molecular formula is C17H19N5O3. The van der Waals surface area contributed by atoms with E-state index in [1.165, 1.54) is 11.1 Å². The molecule has 0 aliphatic rings. The number of tetrazole rings is 1. The summed E-state index contributed by atoms with van der Waals surface area (Å²) in [6.45, 7) is 3.48. The van der Waals surface area contributed by atoms with E-state index in [1.54, 1.807) is 19.1 Å². The molecular weight excluding hydrogens is 322 g/mol. The minimum atomic E-state index is -1.29. The zero-order valence-electron chi connectivity index (χ0n) is 14.0. The van der Waals surface area contributed by atoms with Crippen LogP contribution in [0.4, 0.5) is 0 Å². The Morgan fingerprint density at radius 3 is 2.76 bits per heavy atom. The van der Waals surface area contributed by atoms with Crippen LogP contribution in [0.1, 0.15) is 18.2 Å². The molecule has 3 aromatic rings. The van der Waals surface area contributed by atoms with Gasteiger partial charge in [-0.3, -0.25) is 4.79 Å². The van der Waals surface area contributed by atoms with Crippen LogP contribution in [-0.2, 0) is 16.9 Å². The summed E-state index contributed by atoms with van der Waals surface area (Å²) >= 11 is 0. The van der Waals surface area contributed by atoms with Gasteiger partial charge in [0.25, 0.3) is 0 Å². The van der Waals surface area contributed by atoms with Gasteiger partial charge in [-0.05, 0) is 31.2 Å². The maximum atomic E-state index is 12.0. The van der Waals surface area contributed by atoms with Crippen molar-refractivity contribution in [1.82, 2.24) is 25.5 Å². The molecule has 2 aromatic heterocycles. The van der Waals surface area contributed by atoms with Gasteiger partial charge in [0, 0.05) is 5.56 Å². The molecule has 8 heteroatoms. The smallest absolute Gasteiger partial charge is 0.243 e. The van der Waals surface area contributed by atoms with E-state index < -0.39 is 5.60 Å². The number of hydrogen-bond donors (Lipinski definition) is 2. The lowest BCUT2D eigenvalue weighted by Crippen LogP contribution is -2.40. The third-order valence-corrected chi connectivity index (χ3v) is 3.73. The second-order valence-electron chi connectivity index (χ2n) is 6.04. The van der Waals surface area contributed by atoms with Crippen LogP contribution in [0.15, 0.2) is 47.1 Å². The summed E-state index contributed by atoms with van der Waals surface area (Å²) in [5.41, 5.74) is 0.680. The van der Waals surface area contributed by atoms with E-state index >= 15 is 0 Å². The number of amides is 1. The van der Waals surface area contributed by atoms with E-state index in [9.17, 15) is 9.90 Å². The molecule has 1 atom stereocenters. The highest BCUT2D eigenvalue weighted by Crippen LogP contribution is 2.19. The van der Waals surface area contributed by atoms with Gasteiger partial charge in [-0.25, -0.2) is 0 Å². The molecule has 0 aliphatic heterocycles. The number of rotatable bonds is 6. The fourth-order valence-electron chi connectivity index (χ4n) is 2.26. The van der Waals surface area contributed by atoms with E-state index in [4.69, 9.17) is 4.42 Å². The number of aliphatic hydroxyl groups is 1. The minimum Gasteiger partial charge on any atom is -0.466 e. The molecule has 0 spiro atoms. The molecule has 2 heterocycles. The van der Waals surface area contributed by atoms with Crippen molar-refractivity contribution in [2.45, 2.75) is 26.0 Å². The molecule has 0 fully saturated rings. The summed E-state index contributed by atoms with van der Waals surface area (Å²) in [4.78, 5) is 13.3. The SMILES string of the molecule is Cc1ccc(-c2nnn(CC(=O)NC[C@](C)(O)c3ccco3)n2)cc1. The third-order valence-electron chi connectivity index (χ3n) is 3.73. The molecule has 8 nitrogen and oxygen atoms in total. The van der Waals surface area contributed by atoms with Crippen molar-refractivity contribution >= 4 is 5.91 Å². The van der Waals surface area contributed by atoms with Crippen LogP contribution in [0.25, 0.3) is 11.4 Å². The van der Waals surface area contributed by atoms with Crippen LogP contribution < -0.4 is 5.32 Å². The molecule has 0 radical (unpaired) electrons. The molecule has 25 heavy (non-hydrogen) atoms. The molecule has 0 bridgehead atoms. The number of aryl methyl sites for hydroxylation is 1. The van der Waals surface area contributed by atoms with Gasteiger partial charge in [-0.15, -0.1) is 10.2 Å². The van der Waals surface area contributed by atoms with Crippen molar-refractivity contribution in [2.24, 2.45) is 0 Å². The van der Waals surface area contributed by atoms with Crippen molar-refractivity contribution in [1.29, 1.82) is 0 Å². The zero-order chi connectivity index (χ0) is 17.9. The van der Waals surface area contributed by atoms with Crippen molar-refractivity contribution in [3.63, 3.8) is 0 Å². The first kappa shape index (κ1) is 16.8. The standard InChI is InChI=1S/C17H19N5O3/c1-12-5-7-13(8-6-12)16-19-21-22(20-16)10-15(23)18-11-17(2,24)14-4-3-9-25-14/h3-9,24H,10-11H2,1-2H3,(H,18,23)/t17-/m0/s1. The quantitative estimate of drug-likeness (QED) is 0.699. The molecule has 130 valence electrons. The van der Waals surface area contributed by atoms with E-state index in [2.05, 4.69) is 20.7 Å². The Hall–Kier alpha value is -3.00. The van der Waals surface area contributed by atoms with E-state index in [0.717, 1.165) is 11.1 Å². The van der Waals surface area contributed by atoms with Crippen LogP contribution in [0.5, 0.6) is 0 Å². The average Bonchev–Trinajstić information content (AvgIpc) is 3.26. The first-order valence-electron chi connectivity index (χ1n) is 7.82. The van der Waals surface area contributed by atoms with Gasteiger partial charge in [0.1, 0.15) is 17.9 Å². The highest BCUT2D eigenvalue weighted by molar-refractivity contribution is 5.75. The zero-order valence-corrected chi connectivity index (χ0v) is 14.0. The van der Waals surface area contributed by atoms with Crippen LogP contribution in [0.3, 0.4) is 0 Å². The lowest BCUT2D eigenvalue weighted by atomic mass is 10.0. The summed E-state index contributed by atoms with van der Waals surface area (Å²) in [7, 11) is 0. The van der Waals surface area contributed by atoms with Crippen LogP contribution in [0, 0.1) is 6.92 Å². The molecule has 1 aromatic carbocycles. The van der Waals surface area contributed by atoms with Gasteiger partial charge in [-0.1, -0.05) is 29.8 Å². The Bertz CT molecular complexity index is 838. The van der Waals surface area contributed by atoms with Crippen molar-refractivity contribution in [3.8, 4) is 11.4 Å². The Morgan fingerprint density at radius 2 is 2.08 bits per heavy atom. The van der Waals surface area contributed by atoms with E-state index in [-0.39, 0.29) is 19.0 Å². The number of hydrogen-bond acceptors (Lipinski definition) is 6. The number of carbonyl (C=O) groups excluding carboxylic acids is 1. The Morgan fingerprint density at radius 1 is 1.32 bits per heavy atom. The van der Waals surface area contributed by atoms with Gasteiger partial charge < -0.3 is 14.8 Å². The highest BCUT2D eigenvalue weighted by atomic mass is 16.4. The predicted molar refractivity (Wildman–Crippen MR) is 89.3 cm³/mol. The summed E-state index contributed by atoms with van der Waals surface area (Å²) in [5.74, 6) is 0.503. The summed E-state index contributed by atoms with van der Waals surface area (Å²) in [5, 5.41) is 25.0. The Balaban J connectivity index is 1.57. The topological polar surface area (TPSA) is 106 Å². The fraction of sp³-hybridized carbons (Fsp3) is 0.294. The first-order chi connectivity index (χ1) is 11.9. The van der Waals surface area contributed by atoms with E-state index in [0.29, 0.717) is 11.6 Å². The minimum absolute atomic E-state index is 0.0128. The third kappa shape index (κ3) is 4.10. The molecule has 3 rings (SSSR count). The summed E-state index contributed by atoms with van der Waals surface area (Å²) < 4.78 is 5.17. The summed E-state index contributed by atoms with van der Waals surface area (Å²) in [6.07, 6.45) is 1.47. The van der Waals surface area contributed by atoms with Crippen molar-refractivity contribution in [2.75, 3.05) is 6.54 Å². The molecule has 2 N–H and O–H groups in total. The average molecular weight is 341 g/mol. The fourth-order valence-corrected chi connectivity index (χ4v) is 2.26. The van der Waals surface area contributed by atoms with Crippen LogP contribution >= 0.6 is 0 Å². The van der Waals surface area contributed by atoms with Gasteiger partial charge in [0.2, 0.25) is 11.7 Å². The lowest BCUT2D eigenvalue weighted by molar-refractivity contribution is -0.123. The van der Waals surface area contributed by atoms with Crippen molar-refractivity contribution in [3.05, 3.63) is 54.0 Å². The van der Waals surface area contributed by atoms with Gasteiger partial charge in [-0.2, -0.15) is 4.80 Å². The second-order valence-corrected chi connectivity index (χ2v) is 6.04. The van der Waals surface area contributed by atoms with Crippen LogP contribution in [0.2, 0.25) is 0 Å². The number of aromatic nitrogens is 4. The lowest BCUT2D eigenvalue weighted by Gasteiger charge is -2.20. The number of carbonyl (C=O) groups is 1. The largest absolute Gasteiger partial charge is 0.466 e. The predicted octanol–water partition coefficient (Wildman–Crippen LogP) is 1.27. The highest BCUT2D eigenvalue weighted by Gasteiger charge is 2.26. The maximum absolute atomic E-state index is 12.0. The molecule has 0 aliphatic carbocycles. The maximum Gasteiger partial charge on any atom is 0.243 e. The first-order valence-corrected chi connectivity index (χ1v) is 7.82. The molecule has 0 saturated heterocycles. The Kier molecular flexibility index (Phi) is 4.62. The second kappa shape index (κ2) is 6.86. The molecule has 0 unspecified atom stereocenters. The summed E-state index contributed by atoms with van der Waals surface area (Å²) in [6, 6.07) is 11.0. The molecule has 0 saturated carbocycles. The number of nitrogens with zero attached hydrogens (tertiary/aromatic N) is 4. The number of furan rings is 1. The van der Waals surface area contributed by atoms with Gasteiger partial charge in [0.05, 0.1) is 12.8 Å². The normalized spacial score (nSPS) is 13.4. The van der Waals surface area contributed by atoms with Crippen LogP contribution in [-0.4, -0.2) is 37.8 Å². The van der Waals surface area contributed by atoms with Gasteiger partial charge >= 0.3 is 0 Å². The Labute approximate surface area is 144 Å². The molecule has 1 amide bonds. The van der Waals surface area contributed by atoms with E-state index in [1.807, 2.05) is 31.2 Å². The van der Waals surface area contributed by atoms with Gasteiger partial charge in [0.15, 0.2) is 0 Å².